The van der Waals surface area contributed by atoms with Crippen molar-refractivity contribution in [3.05, 3.63) is 71.3 Å². The van der Waals surface area contributed by atoms with Gasteiger partial charge < -0.3 is 15.1 Å². The van der Waals surface area contributed by atoms with E-state index in [2.05, 4.69) is 32.0 Å². The minimum Gasteiger partial charge on any atom is -0.394 e. The summed E-state index contributed by atoms with van der Waals surface area (Å²) in [7, 11) is 1.63. The minimum atomic E-state index is -0.945. The van der Waals surface area contributed by atoms with Gasteiger partial charge in [-0.25, -0.2) is 0 Å². The average molecular weight is 363 g/mol. The summed E-state index contributed by atoms with van der Waals surface area (Å²) in [6.45, 7) is 3.93. The molecule has 1 amide bonds. The Kier molecular flexibility index (Phi) is 5.59. The zero-order chi connectivity index (χ0) is 19.6. The molecular weight excluding hydrogens is 338 g/mol. The van der Waals surface area contributed by atoms with E-state index in [0.29, 0.717) is 5.56 Å². The van der Waals surface area contributed by atoms with Crippen LogP contribution in [0.25, 0.3) is 21.9 Å². The van der Waals surface area contributed by atoms with E-state index in [1.54, 1.807) is 7.05 Å². The molecule has 0 fully saturated rings. The number of rotatable bonds is 5. The summed E-state index contributed by atoms with van der Waals surface area (Å²) in [6.07, 6.45) is -0.945. The second-order valence-electron chi connectivity index (χ2n) is 6.98. The quantitative estimate of drug-likeness (QED) is 0.729. The summed E-state index contributed by atoms with van der Waals surface area (Å²) in [5.74, 6) is -0.175. The van der Waals surface area contributed by atoms with E-state index in [9.17, 15) is 9.90 Å². The first-order valence-electron chi connectivity index (χ1n) is 9.06. The van der Waals surface area contributed by atoms with Gasteiger partial charge in [-0.3, -0.25) is 4.79 Å². The Bertz CT molecular complexity index is 981. The molecule has 0 aliphatic heterocycles. The van der Waals surface area contributed by atoms with Crippen LogP contribution in [0.4, 0.5) is 0 Å². The van der Waals surface area contributed by atoms with Crippen LogP contribution in [0.2, 0.25) is 0 Å². The first-order valence-corrected chi connectivity index (χ1v) is 9.06. The molecule has 3 rings (SSSR count). The molecule has 0 spiro atoms. The molecule has 0 radical (unpaired) electrons. The van der Waals surface area contributed by atoms with E-state index in [0.717, 1.165) is 21.9 Å². The monoisotopic (exact) mass is 363 g/mol. The van der Waals surface area contributed by atoms with Crippen LogP contribution in [0, 0.1) is 13.8 Å². The number of aliphatic hydroxyl groups is 2. The Morgan fingerprint density at radius 2 is 1.67 bits per heavy atom. The number of carbonyl (C=O) groups is 1. The number of nitrogens with zero attached hydrogens (tertiary/aromatic N) is 1. The van der Waals surface area contributed by atoms with E-state index in [4.69, 9.17) is 5.11 Å². The zero-order valence-corrected chi connectivity index (χ0v) is 15.9. The number of aliphatic hydroxyl groups excluding tert-OH is 2. The number of benzene rings is 3. The van der Waals surface area contributed by atoms with Crippen molar-refractivity contribution in [3.63, 3.8) is 0 Å². The Morgan fingerprint density at radius 1 is 0.963 bits per heavy atom. The molecule has 0 bridgehead atoms. The number of aryl methyl sites for hydroxylation is 1. The van der Waals surface area contributed by atoms with E-state index in [1.807, 2.05) is 36.4 Å². The van der Waals surface area contributed by atoms with Crippen LogP contribution < -0.4 is 0 Å². The Labute approximate surface area is 159 Å². The fraction of sp³-hybridized carbons (Fsp3) is 0.261. The topological polar surface area (TPSA) is 60.8 Å². The number of fused-ring (bicyclic) bond motifs is 1. The Hall–Kier alpha value is -2.69. The fourth-order valence-electron chi connectivity index (χ4n) is 3.43. The van der Waals surface area contributed by atoms with Crippen LogP contribution in [0.5, 0.6) is 0 Å². The van der Waals surface area contributed by atoms with Crippen LogP contribution >= 0.6 is 0 Å². The number of amides is 1. The predicted molar refractivity (Wildman–Crippen MR) is 109 cm³/mol. The third-order valence-corrected chi connectivity index (χ3v) is 5.09. The molecule has 0 aromatic heterocycles. The van der Waals surface area contributed by atoms with Crippen LogP contribution in [-0.2, 0) is 0 Å². The largest absolute Gasteiger partial charge is 0.394 e. The molecule has 27 heavy (non-hydrogen) atoms. The second kappa shape index (κ2) is 7.91. The summed E-state index contributed by atoms with van der Waals surface area (Å²) in [4.78, 5) is 14.4. The van der Waals surface area contributed by atoms with Gasteiger partial charge in [-0.05, 0) is 52.9 Å². The van der Waals surface area contributed by atoms with E-state index >= 15 is 0 Å². The lowest BCUT2D eigenvalue weighted by Gasteiger charge is -2.21. The molecular formula is C23H25NO3. The molecule has 3 aromatic rings. The zero-order valence-electron chi connectivity index (χ0n) is 15.9. The maximum atomic E-state index is 12.9. The SMILES string of the molecule is Cc1cccc(-c2ccc(C(=O)N(C)CC(O)CO)c3ccccc23)c1C. The summed E-state index contributed by atoms with van der Waals surface area (Å²) < 4.78 is 0. The van der Waals surface area contributed by atoms with Crippen LogP contribution in [-0.4, -0.2) is 47.3 Å². The van der Waals surface area contributed by atoms with Gasteiger partial charge >= 0.3 is 0 Å². The number of likely N-dealkylation sites (N-methyl/N-ethyl adjacent to an activating group) is 1. The summed E-state index contributed by atoms with van der Waals surface area (Å²) in [5.41, 5.74) is 5.31. The predicted octanol–water partition coefficient (Wildman–Crippen LogP) is 3.55. The first kappa shape index (κ1) is 19.1. The van der Waals surface area contributed by atoms with Gasteiger partial charge in [0.25, 0.3) is 5.91 Å². The highest BCUT2D eigenvalue weighted by Crippen LogP contribution is 2.34. The standard InChI is InChI=1S/C23H25NO3/c1-15-7-6-10-18(16(15)2)21-11-12-22(20-9-5-4-8-19(20)21)23(27)24(3)13-17(26)14-25/h4-12,17,25-26H,13-14H2,1-3H3. The van der Waals surface area contributed by atoms with Crippen molar-refractivity contribution >= 4 is 16.7 Å². The van der Waals surface area contributed by atoms with Crippen molar-refractivity contribution < 1.29 is 15.0 Å². The number of hydrogen-bond donors (Lipinski definition) is 2. The lowest BCUT2D eigenvalue weighted by Crippen LogP contribution is -2.35. The van der Waals surface area contributed by atoms with Gasteiger partial charge in [0.05, 0.1) is 12.7 Å². The van der Waals surface area contributed by atoms with Gasteiger partial charge in [-0.1, -0.05) is 48.5 Å². The molecule has 4 nitrogen and oxygen atoms in total. The van der Waals surface area contributed by atoms with Crippen LogP contribution in [0.3, 0.4) is 0 Å². The normalized spacial score (nSPS) is 12.2. The molecule has 1 atom stereocenters. The van der Waals surface area contributed by atoms with Gasteiger partial charge in [-0.15, -0.1) is 0 Å². The average Bonchev–Trinajstić information content (AvgIpc) is 2.68. The highest BCUT2D eigenvalue weighted by molar-refractivity contribution is 6.11. The molecule has 1 unspecified atom stereocenters. The highest BCUT2D eigenvalue weighted by atomic mass is 16.3. The maximum absolute atomic E-state index is 12.9. The van der Waals surface area contributed by atoms with Crippen molar-refractivity contribution in [1.82, 2.24) is 4.90 Å². The van der Waals surface area contributed by atoms with Crippen LogP contribution in [0.1, 0.15) is 21.5 Å². The molecule has 0 saturated heterocycles. The maximum Gasteiger partial charge on any atom is 0.254 e. The second-order valence-corrected chi connectivity index (χ2v) is 6.98. The van der Waals surface area contributed by atoms with Gasteiger partial charge in [0, 0.05) is 19.2 Å². The smallest absolute Gasteiger partial charge is 0.254 e. The summed E-state index contributed by atoms with van der Waals surface area (Å²) >= 11 is 0. The van der Waals surface area contributed by atoms with Crippen molar-refractivity contribution in [2.24, 2.45) is 0 Å². The molecule has 0 saturated carbocycles. The van der Waals surface area contributed by atoms with Crippen molar-refractivity contribution in [2.75, 3.05) is 20.2 Å². The molecule has 0 aliphatic carbocycles. The Balaban J connectivity index is 2.11. The van der Waals surface area contributed by atoms with Crippen molar-refractivity contribution in [3.8, 4) is 11.1 Å². The Morgan fingerprint density at radius 3 is 2.37 bits per heavy atom. The number of carbonyl (C=O) groups excluding carboxylic acids is 1. The third kappa shape index (κ3) is 3.72. The van der Waals surface area contributed by atoms with Gasteiger partial charge in [-0.2, -0.15) is 0 Å². The fourth-order valence-corrected chi connectivity index (χ4v) is 3.43. The first-order chi connectivity index (χ1) is 12.9. The summed E-state index contributed by atoms with van der Waals surface area (Å²) in [5, 5.41) is 20.6. The molecule has 0 heterocycles. The number of hydrogen-bond acceptors (Lipinski definition) is 3. The molecule has 3 aromatic carbocycles. The lowest BCUT2D eigenvalue weighted by atomic mass is 9.91. The van der Waals surface area contributed by atoms with E-state index in [1.165, 1.54) is 16.0 Å². The van der Waals surface area contributed by atoms with Crippen molar-refractivity contribution in [2.45, 2.75) is 20.0 Å². The van der Waals surface area contributed by atoms with E-state index < -0.39 is 6.10 Å². The third-order valence-electron chi connectivity index (χ3n) is 5.09. The highest BCUT2D eigenvalue weighted by Gasteiger charge is 2.19. The van der Waals surface area contributed by atoms with Crippen LogP contribution in [0.15, 0.2) is 54.6 Å². The molecule has 2 N–H and O–H groups in total. The molecule has 4 heteroatoms. The molecule has 140 valence electrons. The van der Waals surface area contributed by atoms with Gasteiger partial charge in [0.2, 0.25) is 0 Å². The van der Waals surface area contributed by atoms with Crippen molar-refractivity contribution in [1.29, 1.82) is 0 Å². The van der Waals surface area contributed by atoms with E-state index in [-0.39, 0.29) is 19.1 Å². The lowest BCUT2D eigenvalue weighted by molar-refractivity contribution is 0.0521. The van der Waals surface area contributed by atoms with Gasteiger partial charge in [0.15, 0.2) is 0 Å². The van der Waals surface area contributed by atoms with Gasteiger partial charge in [0.1, 0.15) is 0 Å². The minimum absolute atomic E-state index is 0.0857. The summed E-state index contributed by atoms with van der Waals surface area (Å²) in [6, 6.07) is 18.0. The molecule has 0 aliphatic rings.